The highest BCUT2D eigenvalue weighted by Gasteiger charge is 2.16. The van der Waals surface area contributed by atoms with Gasteiger partial charge < -0.3 is 9.64 Å². The maximum Gasteiger partial charge on any atom is 0.108 e. The Morgan fingerprint density at radius 3 is 2.08 bits per heavy atom. The molecular weight excluding hydrogens is 296 g/mol. The number of hydrogen-bond acceptors (Lipinski definition) is 3. The average Bonchev–Trinajstić information content (AvgIpc) is 2.84. The second-order valence-corrected chi connectivity index (χ2v) is 6.57. The molecule has 0 N–H and O–H groups in total. The Balaban J connectivity index is 1.60. The Morgan fingerprint density at radius 1 is 0.833 bits per heavy atom. The fraction of sp³-hybridized carbons (Fsp3) is 0.429. The van der Waals surface area contributed by atoms with Crippen LogP contribution in [0.4, 0.5) is 0 Å². The van der Waals surface area contributed by atoms with Crippen LogP contribution < -0.4 is 0 Å². The third-order valence-electron chi connectivity index (χ3n) is 4.71. The van der Waals surface area contributed by atoms with Crippen molar-refractivity contribution >= 4 is 0 Å². The zero-order valence-corrected chi connectivity index (χ0v) is 14.6. The highest BCUT2D eigenvalue weighted by atomic mass is 16.5. The molecule has 1 fully saturated rings. The van der Waals surface area contributed by atoms with E-state index < -0.39 is 0 Å². The lowest BCUT2D eigenvalue weighted by Crippen LogP contribution is -2.32. The second kappa shape index (κ2) is 8.97. The Hall–Kier alpha value is -1.68. The minimum absolute atomic E-state index is 0.0158. The fourth-order valence-electron chi connectivity index (χ4n) is 3.26. The maximum absolute atomic E-state index is 6.33. The van der Waals surface area contributed by atoms with E-state index in [-0.39, 0.29) is 6.10 Å². The molecule has 0 radical (unpaired) electrons. The Bertz CT molecular complexity index is 548. The Kier molecular flexibility index (Phi) is 6.41. The van der Waals surface area contributed by atoms with Crippen molar-refractivity contribution in [2.45, 2.75) is 12.5 Å². The largest absolute Gasteiger partial charge is 0.367 e. The first-order chi connectivity index (χ1) is 11.8. The van der Waals surface area contributed by atoms with Gasteiger partial charge in [-0.3, -0.25) is 4.90 Å². The molecule has 3 nitrogen and oxygen atoms in total. The smallest absolute Gasteiger partial charge is 0.108 e. The molecule has 2 aromatic carbocycles. The number of rotatable bonds is 6. The number of ether oxygens (including phenoxy) is 1. The van der Waals surface area contributed by atoms with Crippen molar-refractivity contribution in [3.63, 3.8) is 0 Å². The minimum Gasteiger partial charge on any atom is -0.367 e. The molecule has 128 valence electrons. The number of likely N-dealkylation sites (N-methyl/N-ethyl adjacent to an activating group) is 1. The molecule has 0 aromatic heterocycles. The third-order valence-corrected chi connectivity index (χ3v) is 4.71. The normalized spacial score (nSPS) is 17.1. The van der Waals surface area contributed by atoms with Gasteiger partial charge in [-0.2, -0.15) is 0 Å². The van der Waals surface area contributed by atoms with Crippen molar-refractivity contribution in [3.8, 4) is 0 Å². The van der Waals surface area contributed by atoms with Crippen molar-refractivity contribution in [1.82, 2.24) is 9.80 Å². The standard InChI is InChI=1S/C21H28N2O/c1-22-13-8-14-23(16-15-22)17-18-24-21(19-9-4-2-5-10-19)20-11-6-3-7-12-20/h2-7,9-12,21H,8,13-18H2,1H3. The van der Waals surface area contributed by atoms with Crippen LogP contribution in [0.2, 0.25) is 0 Å². The van der Waals surface area contributed by atoms with Crippen LogP contribution in [0.1, 0.15) is 23.7 Å². The molecular formula is C21H28N2O. The van der Waals surface area contributed by atoms with Crippen molar-refractivity contribution in [2.75, 3.05) is 46.4 Å². The predicted octanol–water partition coefficient (Wildman–Crippen LogP) is 3.43. The summed E-state index contributed by atoms with van der Waals surface area (Å²) in [5, 5.41) is 0. The highest BCUT2D eigenvalue weighted by molar-refractivity contribution is 5.29. The topological polar surface area (TPSA) is 15.7 Å². The van der Waals surface area contributed by atoms with Crippen LogP contribution in [-0.4, -0.2) is 56.2 Å². The quantitative estimate of drug-likeness (QED) is 0.810. The lowest BCUT2D eigenvalue weighted by Gasteiger charge is -2.23. The van der Waals surface area contributed by atoms with E-state index in [1.165, 1.54) is 30.6 Å². The van der Waals surface area contributed by atoms with Crippen LogP contribution in [0, 0.1) is 0 Å². The van der Waals surface area contributed by atoms with Gasteiger partial charge in [0.05, 0.1) is 6.61 Å². The maximum atomic E-state index is 6.33. The summed E-state index contributed by atoms with van der Waals surface area (Å²) in [6, 6.07) is 21.0. The van der Waals surface area contributed by atoms with Crippen LogP contribution in [-0.2, 0) is 4.74 Å². The van der Waals surface area contributed by atoms with Gasteiger partial charge in [-0.15, -0.1) is 0 Å². The van der Waals surface area contributed by atoms with Gasteiger partial charge in [-0.25, -0.2) is 0 Å². The van der Waals surface area contributed by atoms with E-state index in [2.05, 4.69) is 77.5 Å². The summed E-state index contributed by atoms with van der Waals surface area (Å²) in [5.74, 6) is 0. The van der Waals surface area contributed by atoms with Crippen LogP contribution >= 0.6 is 0 Å². The molecule has 0 bridgehead atoms. The summed E-state index contributed by atoms with van der Waals surface area (Å²) < 4.78 is 6.33. The van der Waals surface area contributed by atoms with Gasteiger partial charge in [-0.1, -0.05) is 60.7 Å². The molecule has 0 unspecified atom stereocenters. The molecule has 24 heavy (non-hydrogen) atoms. The van der Waals surface area contributed by atoms with Crippen molar-refractivity contribution in [1.29, 1.82) is 0 Å². The molecule has 3 rings (SSSR count). The van der Waals surface area contributed by atoms with Gasteiger partial charge >= 0.3 is 0 Å². The number of nitrogens with zero attached hydrogens (tertiary/aromatic N) is 2. The second-order valence-electron chi connectivity index (χ2n) is 6.57. The SMILES string of the molecule is CN1CCCN(CCOC(c2ccccc2)c2ccccc2)CC1. The molecule has 0 atom stereocenters. The van der Waals surface area contributed by atoms with E-state index in [9.17, 15) is 0 Å². The number of hydrogen-bond donors (Lipinski definition) is 0. The fourth-order valence-corrected chi connectivity index (χ4v) is 3.26. The summed E-state index contributed by atoms with van der Waals surface area (Å²) in [7, 11) is 2.21. The molecule has 3 heteroatoms. The van der Waals surface area contributed by atoms with E-state index in [1.807, 2.05) is 0 Å². The van der Waals surface area contributed by atoms with Gasteiger partial charge in [0.15, 0.2) is 0 Å². The van der Waals surface area contributed by atoms with Crippen molar-refractivity contribution in [2.24, 2.45) is 0 Å². The van der Waals surface area contributed by atoms with Crippen LogP contribution in [0.5, 0.6) is 0 Å². The van der Waals surface area contributed by atoms with E-state index in [4.69, 9.17) is 4.74 Å². The van der Waals surface area contributed by atoms with Gasteiger partial charge in [-0.05, 0) is 37.7 Å². The summed E-state index contributed by atoms with van der Waals surface area (Å²) in [5.41, 5.74) is 2.44. The molecule has 0 spiro atoms. The average molecular weight is 324 g/mol. The highest BCUT2D eigenvalue weighted by Crippen LogP contribution is 2.25. The Morgan fingerprint density at radius 2 is 1.46 bits per heavy atom. The lowest BCUT2D eigenvalue weighted by atomic mass is 10.0. The van der Waals surface area contributed by atoms with Gasteiger partial charge in [0, 0.05) is 19.6 Å². The van der Waals surface area contributed by atoms with E-state index in [1.54, 1.807) is 0 Å². The molecule has 1 heterocycles. The first kappa shape index (κ1) is 17.2. The predicted molar refractivity (Wildman–Crippen MR) is 99.2 cm³/mol. The first-order valence-corrected chi connectivity index (χ1v) is 8.95. The summed E-state index contributed by atoms with van der Waals surface area (Å²) in [4.78, 5) is 4.94. The third kappa shape index (κ3) is 4.91. The van der Waals surface area contributed by atoms with Crippen LogP contribution in [0.25, 0.3) is 0 Å². The van der Waals surface area contributed by atoms with Crippen LogP contribution in [0.3, 0.4) is 0 Å². The van der Waals surface area contributed by atoms with E-state index >= 15 is 0 Å². The lowest BCUT2D eigenvalue weighted by molar-refractivity contribution is 0.0607. The summed E-state index contributed by atoms with van der Waals surface area (Å²) >= 11 is 0. The molecule has 2 aromatic rings. The first-order valence-electron chi connectivity index (χ1n) is 8.95. The van der Waals surface area contributed by atoms with Crippen LogP contribution in [0.15, 0.2) is 60.7 Å². The monoisotopic (exact) mass is 324 g/mol. The van der Waals surface area contributed by atoms with Gasteiger partial charge in [0.1, 0.15) is 6.10 Å². The Labute approximate surface area is 145 Å². The van der Waals surface area contributed by atoms with Crippen molar-refractivity contribution < 1.29 is 4.74 Å². The minimum atomic E-state index is 0.0158. The number of benzene rings is 2. The van der Waals surface area contributed by atoms with Crippen molar-refractivity contribution in [3.05, 3.63) is 71.8 Å². The molecule has 1 aliphatic rings. The zero-order valence-electron chi connectivity index (χ0n) is 14.6. The molecule has 0 saturated carbocycles. The molecule has 0 amide bonds. The molecule has 1 saturated heterocycles. The summed E-state index contributed by atoms with van der Waals surface area (Å²) in [6.07, 6.45) is 1.26. The van der Waals surface area contributed by atoms with E-state index in [0.29, 0.717) is 0 Å². The molecule has 0 aliphatic carbocycles. The molecule has 1 aliphatic heterocycles. The van der Waals surface area contributed by atoms with E-state index in [0.717, 1.165) is 26.2 Å². The summed E-state index contributed by atoms with van der Waals surface area (Å²) in [6.45, 7) is 6.44. The van der Waals surface area contributed by atoms with Gasteiger partial charge in [0.25, 0.3) is 0 Å². The van der Waals surface area contributed by atoms with Gasteiger partial charge in [0.2, 0.25) is 0 Å². The zero-order chi connectivity index (χ0) is 16.6.